The van der Waals surface area contributed by atoms with E-state index >= 15 is 0 Å². The van der Waals surface area contributed by atoms with Gasteiger partial charge in [-0.2, -0.15) is 0 Å². The van der Waals surface area contributed by atoms with Gasteiger partial charge in [-0.05, 0) is 60.4 Å². The van der Waals surface area contributed by atoms with Crippen molar-refractivity contribution in [2.75, 3.05) is 0 Å². The van der Waals surface area contributed by atoms with E-state index in [1.807, 2.05) is 26.0 Å². The number of carbonyl (C=O) groups is 1. The summed E-state index contributed by atoms with van der Waals surface area (Å²) in [5, 5.41) is 10.1. The highest BCUT2D eigenvalue weighted by Gasteiger charge is 2.17. The van der Waals surface area contributed by atoms with Gasteiger partial charge in [0.05, 0.1) is 12.1 Å². The zero-order valence-electron chi connectivity index (χ0n) is 12.4. The minimum atomic E-state index is -0.887. The van der Waals surface area contributed by atoms with Gasteiger partial charge in [-0.1, -0.05) is 12.1 Å². The lowest BCUT2D eigenvalue weighted by atomic mass is 10.00. The zero-order chi connectivity index (χ0) is 15.9. The second-order valence-electron chi connectivity index (χ2n) is 5.49. The molecule has 0 aliphatic rings. The number of rotatable bonds is 3. The van der Waals surface area contributed by atoms with Crippen molar-refractivity contribution in [2.24, 2.45) is 0 Å². The number of hydrogen-bond donors (Lipinski definition) is 2. The topological polar surface area (TPSA) is 53.1 Å². The van der Waals surface area contributed by atoms with E-state index in [0.29, 0.717) is 0 Å². The molecule has 3 nitrogen and oxygen atoms in total. The van der Waals surface area contributed by atoms with Crippen LogP contribution in [-0.2, 0) is 11.2 Å². The van der Waals surface area contributed by atoms with Gasteiger partial charge in [-0.25, -0.2) is 4.39 Å². The number of carboxylic acid groups (broad SMARTS) is 1. The first-order valence-corrected chi connectivity index (χ1v) is 7.06. The largest absolute Gasteiger partial charge is 0.481 e. The molecule has 0 amide bonds. The predicted molar refractivity (Wildman–Crippen MR) is 84.5 cm³/mol. The third-order valence-electron chi connectivity index (χ3n) is 4.07. The van der Waals surface area contributed by atoms with Crippen LogP contribution in [0.4, 0.5) is 4.39 Å². The van der Waals surface area contributed by atoms with E-state index < -0.39 is 5.97 Å². The molecule has 0 aliphatic heterocycles. The maximum Gasteiger partial charge on any atom is 0.307 e. The number of halogens is 1. The Labute approximate surface area is 127 Å². The van der Waals surface area contributed by atoms with Gasteiger partial charge in [0, 0.05) is 10.9 Å². The Hall–Kier alpha value is -2.62. The fourth-order valence-corrected chi connectivity index (χ4v) is 2.76. The van der Waals surface area contributed by atoms with Gasteiger partial charge in [0.15, 0.2) is 0 Å². The zero-order valence-corrected chi connectivity index (χ0v) is 12.4. The third-order valence-corrected chi connectivity index (χ3v) is 4.07. The lowest BCUT2D eigenvalue weighted by Crippen LogP contribution is -2.01. The molecule has 0 saturated heterocycles. The van der Waals surface area contributed by atoms with Gasteiger partial charge in [0.1, 0.15) is 5.82 Å². The van der Waals surface area contributed by atoms with E-state index in [4.69, 9.17) is 0 Å². The van der Waals surface area contributed by atoms with Crippen LogP contribution in [0.3, 0.4) is 0 Å². The molecular weight excluding hydrogens is 281 g/mol. The average molecular weight is 297 g/mol. The van der Waals surface area contributed by atoms with E-state index in [2.05, 4.69) is 4.98 Å². The molecule has 112 valence electrons. The van der Waals surface area contributed by atoms with Crippen molar-refractivity contribution in [3.05, 3.63) is 58.9 Å². The molecule has 4 heteroatoms. The first-order valence-electron chi connectivity index (χ1n) is 7.06. The van der Waals surface area contributed by atoms with Crippen molar-refractivity contribution in [3.8, 4) is 11.3 Å². The summed E-state index contributed by atoms with van der Waals surface area (Å²) in [4.78, 5) is 14.6. The molecular formula is C18H16FNO2. The van der Waals surface area contributed by atoms with Crippen LogP contribution in [0.5, 0.6) is 0 Å². The molecule has 0 aliphatic carbocycles. The lowest BCUT2D eigenvalue weighted by molar-refractivity contribution is -0.136. The molecule has 2 N–H and O–H groups in total. The minimum absolute atomic E-state index is 0.0742. The number of benzene rings is 2. The average Bonchev–Trinajstić information content (AvgIpc) is 2.83. The summed E-state index contributed by atoms with van der Waals surface area (Å²) in [5.74, 6) is -1.20. The molecule has 1 heterocycles. The number of H-pyrrole nitrogens is 1. The van der Waals surface area contributed by atoms with Gasteiger partial charge in [0.25, 0.3) is 0 Å². The number of hydrogen-bond acceptors (Lipinski definition) is 1. The molecule has 0 spiro atoms. The number of aromatic nitrogens is 1. The summed E-state index contributed by atoms with van der Waals surface area (Å²) in [7, 11) is 0. The molecule has 3 aromatic rings. The maximum absolute atomic E-state index is 13.1. The summed E-state index contributed by atoms with van der Waals surface area (Å²) in [5.41, 5.74) is 5.43. The molecule has 2 aromatic carbocycles. The standard InChI is InChI=1S/C18H16FNO2/c1-10-3-8-14-15(9-16(21)22)18(20-17(14)11(10)2)12-4-6-13(19)7-5-12/h3-8,20H,9H2,1-2H3,(H,21,22). The van der Waals surface area contributed by atoms with E-state index in [1.54, 1.807) is 12.1 Å². The van der Waals surface area contributed by atoms with Gasteiger partial charge < -0.3 is 10.1 Å². The highest BCUT2D eigenvalue weighted by molar-refractivity contribution is 5.95. The van der Waals surface area contributed by atoms with Crippen LogP contribution >= 0.6 is 0 Å². The normalized spacial score (nSPS) is 11.0. The first kappa shape index (κ1) is 14.3. The number of fused-ring (bicyclic) bond motifs is 1. The predicted octanol–water partition coefficient (Wildman–Crippen LogP) is 4.22. The first-order chi connectivity index (χ1) is 10.5. The quantitative estimate of drug-likeness (QED) is 0.760. The van der Waals surface area contributed by atoms with E-state index in [0.717, 1.165) is 38.9 Å². The monoisotopic (exact) mass is 297 g/mol. The Bertz CT molecular complexity index is 863. The fraction of sp³-hybridized carbons (Fsp3) is 0.167. The van der Waals surface area contributed by atoms with E-state index in [9.17, 15) is 14.3 Å². The fourth-order valence-electron chi connectivity index (χ4n) is 2.76. The Balaban J connectivity index is 2.30. The number of aryl methyl sites for hydroxylation is 2. The number of nitrogens with one attached hydrogen (secondary N) is 1. The van der Waals surface area contributed by atoms with Crippen LogP contribution < -0.4 is 0 Å². The summed E-state index contributed by atoms with van der Waals surface area (Å²) in [6.45, 7) is 4.03. The van der Waals surface area contributed by atoms with Crippen LogP contribution in [0.15, 0.2) is 36.4 Å². The van der Waals surface area contributed by atoms with Crippen LogP contribution in [0.1, 0.15) is 16.7 Å². The second kappa shape index (κ2) is 5.30. The Morgan fingerprint density at radius 2 is 1.82 bits per heavy atom. The number of aliphatic carboxylic acids is 1. The van der Waals surface area contributed by atoms with Crippen LogP contribution in [0, 0.1) is 19.7 Å². The van der Waals surface area contributed by atoms with Crippen LogP contribution in [-0.4, -0.2) is 16.1 Å². The van der Waals surface area contributed by atoms with Crippen molar-refractivity contribution in [1.29, 1.82) is 0 Å². The highest BCUT2D eigenvalue weighted by atomic mass is 19.1. The summed E-state index contributed by atoms with van der Waals surface area (Å²) in [6, 6.07) is 10.0. The number of aromatic amines is 1. The third kappa shape index (κ3) is 2.37. The van der Waals surface area contributed by atoms with Gasteiger partial charge in [-0.15, -0.1) is 0 Å². The highest BCUT2D eigenvalue weighted by Crippen LogP contribution is 2.33. The maximum atomic E-state index is 13.1. The molecule has 1 aromatic heterocycles. The second-order valence-corrected chi connectivity index (χ2v) is 5.49. The molecule has 3 rings (SSSR count). The van der Waals surface area contributed by atoms with E-state index in [-0.39, 0.29) is 12.2 Å². The molecule has 0 fully saturated rings. The molecule has 0 atom stereocenters. The summed E-state index contributed by atoms with van der Waals surface area (Å²) < 4.78 is 13.1. The Morgan fingerprint density at radius 3 is 2.45 bits per heavy atom. The SMILES string of the molecule is Cc1ccc2c(CC(=O)O)c(-c3ccc(F)cc3)[nH]c2c1C. The minimum Gasteiger partial charge on any atom is -0.481 e. The number of carboxylic acids is 1. The molecule has 0 radical (unpaired) electrons. The summed E-state index contributed by atoms with van der Waals surface area (Å²) >= 11 is 0. The Kier molecular flexibility index (Phi) is 3.45. The Morgan fingerprint density at radius 1 is 1.14 bits per heavy atom. The van der Waals surface area contributed by atoms with Crippen molar-refractivity contribution < 1.29 is 14.3 Å². The molecule has 0 unspecified atom stereocenters. The molecule has 0 saturated carbocycles. The van der Waals surface area contributed by atoms with Gasteiger partial charge in [0.2, 0.25) is 0 Å². The smallest absolute Gasteiger partial charge is 0.307 e. The van der Waals surface area contributed by atoms with Gasteiger partial charge >= 0.3 is 5.97 Å². The van der Waals surface area contributed by atoms with Crippen LogP contribution in [0.25, 0.3) is 22.2 Å². The van der Waals surface area contributed by atoms with Crippen molar-refractivity contribution in [1.82, 2.24) is 4.98 Å². The molecule has 22 heavy (non-hydrogen) atoms. The lowest BCUT2D eigenvalue weighted by Gasteiger charge is -2.03. The molecule has 0 bridgehead atoms. The van der Waals surface area contributed by atoms with Crippen molar-refractivity contribution in [2.45, 2.75) is 20.3 Å². The van der Waals surface area contributed by atoms with Crippen molar-refractivity contribution in [3.63, 3.8) is 0 Å². The van der Waals surface area contributed by atoms with Gasteiger partial charge in [-0.3, -0.25) is 4.79 Å². The van der Waals surface area contributed by atoms with Crippen molar-refractivity contribution >= 4 is 16.9 Å². The van der Waals surface area contributed by atoms with Crippen LogP contribution in [0.2, 0.25) is 0 Å². The van der Waals surface area contributed by atoms with E-state index in [1.165, 1.54) is 12.1 Å². The summed E-state index contributed by atoms with van der Waals surface area (Å²) in [6.07, 6.45) is -0.0742.